The highest BCUT2D eigenvalue weighted by atomic mass is 16.5. The maximum absolute atomic E-state index is 9.50. The van der Waals surface area contributed by atoms with Gasteiger partial charge in [-0.2, -0.15) is 5.26 Å². The zero-order chi connectivity index (χ0) is 22.8. The van der Waals surface area contributed by atoms with Gasteiger partial charge in [0.15, 0.2) is 0 Å². The topological polar surface area (TPSA) is 91.7 Å². The average Bonchev–Trinajstić information content (AvgIpc) is 2.72. The molecule has 2 aliphatic heterocycles. The van der Waals surface area contributed by atoms with Gasteiger partial charge in [-0.1, -0.05) is 25.5 Å². The fourth-order valence-corrected chi connectivity index (χ4v) is 1.60. The third kappa shape index (κ3) is 37.4. The molecule has 29 heavy (non-hydrogen) atoms. The summed E-state index contributed by atoms with van der Waals surface area (Å²) in [6.07, 6.45) is 8.02. The van der Waals surface area contributed by atoms with Gasteiger partial charge in [0.05, 0.1) is 32.5 Å². The van der Waals surface area contributed by atoms with Gasteiger partial charge in [-0.05, 0) is 33.0 Å². The molecule has 168 valence electrons. The van der Waals surface area contributed by atoms with Crippen LogP contribution in [0, 0.1) is 17.2 Å². The first kappa shape index (κ1) is 31.7. The third-order valence-corrected chi connectivity index (χ3v) is 2.89. The van der Waals surface area contributed by atoms with E-state index in [4.69, 9.17) is 19.5 Å². The minimum absolute atomic E-state index is 0.204. The van der Waals surface area contributed by atoms with Crippen LogP contribution >= 0.6 is 0 Å². The number of carbonyl (C=O) groups is 2. The number of ether oxygens (including phenoxy) is 2. The number of rotatable bonds is 3. The Hall–Kier alpha value is -2.01. The van der Waals surface area contributed by atoms with Crippen LogP contribution in [0.5, 0.6) is 0 Å². The lowest BCUT2D eigenvalue weighted by molar-refractivity contribution is -0.110. The van der Waals surface area contributed by atoms with E-state index in [0.29, 0.717) is 0 Å². The Morgan fingerprint density at radius 1 is 1.07 bits per heavy atom. The van der Waals surface area contributed by atoms with Crippen molar-refractivity contribution in [3.63, 3.8) is 0 Å². The van der Waals surface area contributed by atoms with E-state index in [1.165, 1.54) is 19.4 Å². The third-order valence-electron chi connectivity index (χ3n) is 2.89. The normalized spacial score (nSPS) is 14.8. The molecule has 2 heterocycles. The predicted molar refractivity (Wildman–Crippen MR) is 119 cm³/mol. The molecule has 7 nitrogen and oxygen atoms in total. The molecule has 2 fully saturated rings. The van der Waals surface area contributed by atoms with Gasteiger partial charge in [0, 0.05) is 39.0 Å². The molecule has 0 spiro atoms. The van der Waals surface area contributed by atoms with E-state index >= 15 is 0 Å². The van der Waals surface area contributed by atoms with E-state index in [1.807, 2.05) is 13.8 Å². The number of nitriles is 1. The zero-order valence-electron chi connectivity index (χ0n) is 19.1. The van der Waals surface area contributed by atoms with Gasteiger partial charge in [-0.15, -0.1) is 0 Å². The number of allylic oxidation sites excluding steroid dienone is 3. The summed E-state index contributed by atoms with van der Waals surface area (Å²) in [7, 11) is 0. The molecule has 0 unspecified atom stereocenters. The molecule has 0 aliphatic carbocycles. The van der Waals surface area contributed by atoms with Crippen molar-refractivity contribution in [2.45, 2.75) is 41.5 Å². The minimum Gasteiger partial charge on any atom is -0.379 e. The van der Waals surface area contributed by atoms with E-state index in [1.54, 1.807) is 6.07 Å². The second kappa shape index (κ2) is 28.2. The number of nitrogens with zero attached hydrogens (tertiary/aromatic N) is 2. The van der Waals surface area contributed by atoms with Gasteiger partial charge in [0.25, 0.3) is 0 Å². The predicted octanol–water partition coefficient (Wildman–Crippen LogP) is 2.98. The van der Waals surface area contributed by atoms with Crippen LogP contribution in [0.15, 0.2) is 23.9 Å². The van der Waals surface area contributed by atoms with Gasteiger partial charge in [0.2, 0.25) is 0 Å². The number of carbonyl (C=O) groups excluding carboxylic acids is 2. The number of morpholine rings is 2. The molecule has 0 saturated carbocycles. The number of aldehydes is 2. The fraction of sp³-hybridized carbons (Fsp3) is 0.682. The van der Waals surface area contributed by atoms with Crippen molar-refractivity contribution >= 4 is 12.6 Å². The molecule has 2 aliphatic rings. The smallest absolute Gasteiger partial charge is 0.122 e. The van der Waals surface area contributed by atoms with Crippen LogP contribution in [0.4, 0.5) is 0 Å². The largest absolute Gasteiger partial charge is 0.379 e. The Morgan fingerprint density at radius 3 is 1.76 bits per heavy atom. The number of nitrogens with one attached hydrogen (secondary N) is 1. The van der Waals surface area contributed by atoms with Crippen molar-refractivity contribution in [3.8, 4) is 6.07 Å². The van der Waals surface area contributed by atoms with Crippen molar-refractivity contribution in [1.29, 1.82) is 5.26 Å². The van der Waals surface area contributed by atoms with Gasteiger partial charge in [0.1, 0.15) is 12.6 Å². The molecule has 1 N–H and O–H groups in total. The molecule has 0 aromatic rings. The summed E-state index contributed by atoms with van der Waals surface area (Å²) in [5.74, 6) is 0.204. The van der Waals surface area contributed by atoms with Gasteiger partial charge in [-0.25, -0.2) is 0 Å². The average molecular weight is 412 g/mol. The Bertz CT molecular complexity index is 432. The minimum atomic E-state index is 0.204. The second-order valence-electron chi connectivity index (χ2n) is 6.44. The maximum atomic E-state index is 9.50. The summed E-state index contributed by atoms with van der Waals surface area (Å²) in [5.41, 5.74) is 1.33. The molecular weight excluding hydrogens is 370 g/mol. The van der Waals surface area contributed by atoms with E-state index in [2.05, 4.69) is 42.4 Å². The molecular formula is C22H41N3O4. The summed E-state index contributed by atoms with van der Waals surface area (Å²) >= 11 is 0. The van der Waals surface area contributed by atoms with Crippen molar-refractivity contribution in [2.24, 2.45) is 5.92 Å². The first-order chi connectivity index (χ1) is 13.9. The van der Waals surface area contributed by atoms with E-state index in [0.717, 1.165) is 65.2 Å². The number of hydrogen-bond acceptors (Lipinski definition) is 7. The van der Waals surface area contributed by atoms with Crippen LogP contribution in [-0.4, -0.2) is 70.1 Å². The van der Waals surface area contributed by atoms with E-state index < -0.39 is 0 Å². The highest BCUT2D eigenvalue weighted by molar-refractivity contribution is 5.51. The van der Waals surface area contributed by atoms with Crippen molar-refractivity contribution in [2.75, 3.05) is 52.6 Å². The summed E-state index contributed by atoms with van der Waals surface area (Å²) in [6.45, 7) is 18.4. The quantitative estimate of drug-likeness (QED) is 0.564. The summed E-state index contributed by atoms with van der Waals surface area (Å²) in [4.78, 5) is 20.6. The van der Waals surface area contributed by atoms with Crippen LogP contribution in [-0.2, 0) is 19.1 Å². The van der Waals surface area contributed by atoms with Gasteiger partial charge < -0.3 is 29.3 Å². The van der Waals surface area contributed by atoms with E-state index in [-0.39, 0.29) is 5.92 Å². The van der Waals surface area contributed by atoms with Crippen LogP contribution in [0.3, 0.4) is 0 Å². The molecule has 2 saturated heterocycles. The van der Waals surface area contributed by atoms with Crippen LogP contribution in [0.25, 0.3) is 0 Å². The van der Waals surface area contributed by atoms with Crippen LogP contribution in [0.1, 0.15) is 41.5 Å². The first-order valence-corrected chi connectivity index (χ1v) is 9.97. The van der Waals surface area contributed by atoms with Gasteiger partial charge in [-0.3, -0.25) is 0 Å². The van der Waals surface area contributed by atoms with Crippen LogP contribution in [0.2, 0.25) is 0 Å². The highest BCUT2D eigenvalue weighted by Gasteiger charge is 2.03. The SMILES string of the molecule is C1COCCN1.CC#N.CC(C)=C/C=C/N1CCOCC1.CC(C)C=O.CC=O. The van der Waals surface area contributed by atoms with Crippen LogP contribution < -0.4 is 5.32 Å². The summed E-state index contributed by atoms with van der Waals surface area (Å²) < 4.78 is 10.2. The van der Waals surface area contributed by atoms with E-state index in [9.17, 15) is 4.79 Å². The van der Waals surface area contributed by atoms with Crippen molar-refractivity contribution < 1.29 is 19.1 Å². The Kier molecular flexibility index (Phi) is 30.8. The molecule has 7 heteroatoms. The maximum Gasteiger partial charge on any atom is 0.122 e. The summed E-state index contributed by atoms with van der Waals surface area (Å²) in [5, 5.41) is 10.5. The van der Waals surface area contributed by atoms with Crippen molar-refractivity contribution in [1.82, 2.24) is 10.2 Å². The highest BCUT2D eigenvalue weighted by Crippen LogP contribution is 1.98. The molecule has 0 aromatic heterocycles. The van der Waals surface area contributed by atoms with Gasteiger partial charge >= 0.3 is 0 Å². The molecule has 2 rings (SSSR count). The fourth-order valence-electron chi connectivity index (χ4n) is 1.60. The van der Waals surface area contributed by atoms with Crippen molar-refractivity contribution in [3.05, 3.63) is 23.9 Å². The second-order valence-corrected chi connectivity index (χ2v) is 6.44. The monoisotopic (exact) mass is 411 g/mol. The Morgan fingerprint density at radius 2 is 1.48 bits per heavy atom. The molecule has 0 amide bonds. The lowest BCUT2D eigenvalue weighted by Crippen LogP contribution is -2.31. The summed E-state index contributed by atoms with van der Waals surface area (Å²) in [6, 6.07) is 1.75. The standard InChI is InChI=1S/C10H17NO.C4H9NO.C4H8O.C2H3N.C2H4O/c1-10(2)4-3-5-11-6-8-12-9-7-11;1-3-6-4-2-5-1;1-4(2)3-5;2*1-2-3/h3-5H,6-9H2,1-2H3;5H,1-4H2;3-4H,1-2H3;1H3;2H,1H3/b5-3+;;;;. The first-order valence-electron chi connectivity index (χ1n) is 9.97. The molecule has 0 aromatic carbocycles. The molecule has 0 bridgehead atoms. The lowest BCUT2D eigenvalue weighted by Gasteiger charge is -2.24. The zero-order valence-corrected chi connectivity index (χ0v) is 19.1. The lowest BCUT2D eigenvalue weighted by atomic mass is 10.3. The Labute approximate surface area is 177 Å². The molecule has 0 atom stereocenters. The Balaban J connectivity index is -0.000000335. The number of hydrogen-bond donors (Lipinski definition) is 1. The molecule has 0 radical (unpaired) electrons.